The Balaban J connectivity index is 1.98. The average Bonchev–Trinajstić information content (AvgIpc) is 2.52. The first-order valence-corrected chi connectivity index (χ1v) is 7.65. The van der Waals surface area contributed by atoms with Gasteiger partial charge in [0, 0.05) is 17.8 Å². The molecule has 0 unspecified atom stereocenters. The van der Waals surface area contributed by atoms with E-state index in [1.54, 1.807) is 7.11 Å². The van der Waals surface area contributed by atoms with Crippen LogP contribution in [0, 0.1) is 13.8 Å². The van der Waals surface area contributed by atoms with Crippen LogP contribution in [0.5, 0.6) is 5.75 Å². The fourth-order valence-corrected chi connectivity index (χ4v) is 3.17. The Morgan fingerprint density at radius 3 is 2.50 bits per heavy atom. The van der Waals surface area contributed by atoms with Crippen molar-refractivity contribution in [2.75, 3.05) is 18.6 Å². The first-order valence-electron chi connectivity index (χ1n) is 7.65. The predicted molar refractivity (Wildman–Crippen MR) is 88.9 cm³/mol. The SMILES string of the molecule is COc1ccc2c(c1)CCCN2C(=O)c1cc(C)cc(C)c1. The zero-order chi connectivity index (χ0) is 15.7. The Morgan fingerprint density at radius 2 is 1.82 bits per heavy atom. The van der Waals surface area contributed by atoms with Gasteiger partial charge in [-0.05, 0) is 62.6 Å². The van der Waals surface area contributed by atoms with Crippen LogP contribution >= 0.6 is 0 Å². The van der Waals surface area contributed by atoms with Gasteiger partial charge in [0.2, 0.25) is 0 Å². The van der Waals surface area contributed by atoms with Crippen molar-refractivity contribution in [3.63, 3.8) is 0 Å². The predicted octanol–water partition coefficient (Wildman–Crippen LogP) is 3.91. The minimum absolute atomic E-state index is 0.0814. The largest absolute Gasteiger partial charge is 0.497 e. The Kier molecular flexibility index (Phi) is 3.88. The summed E-state index contributed by atoms with van der Waals surface area (Å²) in [6.07, 6.45) is 1.97. The molecule has 0 saturated carbocycles. The highest BCUT2D eigenvalue weighted by atomic mass is 16.5. The molecule has 0 bridgehead atoms. The van der Waals surface area contributed by atoms with E-state index in [-0.39, 0.29) is 5.91 Å². The van der Waals surface area contributed by atoms with E-state index in [4.69, 9.17) is 4.74 Å². The van der Waals surface area contributed by atoms with E-state index in [2.05, 4.69) is 6.07 Å². The number of nitrogens with zero attached hydrogens (tertiary/aromatic N) is 1. The number of amides is 1. The number of rotatable bonds is 2. The second-order valence-corrected chi connectivity index (χ2v) is 5.93. The monoisotopic (exact) mass is 295 g/mol. The van der Waals surface area contributed by atoms with Gasteiger partial charge in [0.15, 0.2) is 0 Å². The van der Waals surface area contributed by atoms with Crippen LogP contribution in [0.4, 0.5) is 5.69 Å². The number of carbonyl (C=O) groups is 1. The lowest BCUT2D eigenvalue weighted by Gasteiger charge is -2.30. The Hall–Kier alpha value is -2.29. The van der Waals surface area contributed by atoms with Gasteiger partial charge in [0.1, 0.15) is 5.75 Å². The standard InChI is InChI=1S/C19H21NO2/c1-13-9-14(2)11-16(10-13)19(21)20-8-4-5-15-12-17(22-3)6-7-18(15)20/h6-7,9-12H,4-5,8H2,1-3H3. The van der Waals surface area contributed by atoms with E-state index in [0.717, 1.165) is 47.5 Å². The topological polar surface area (TPSA) is 29.5 Å². The quantitative estimate of drug-likeness (QED) is 0.841. The van der Waals surface area contributed by atoms with Crippen LogP contribution in [0.3, 0.4) is 0 Å². The number of methoxy groups -OCH3 is 1. The highest BCUT2D eigenvalue weighted by molar-refractivity contribution is 6.07. The van der Waals surface area contributed by atoms with Crippen molar-refractivity contribution in [1.82, 2.24) is 0 Å². The van der Waals surface area contributed by atoms with E-state index in [9.17, 15) is 4.79 Å². The van der Waals surface area contributed by atoms with E-state index >= 15 is 0 Å². The average molecular weight is 295 g/mol. The summed E-state index contributed by atoms with van der Waals surface area (Å²) in [4.78, 5) is 14.8. The molecule has 22 heavy (non-hydrogen) atoms. The number of hydrogen-bond donors (Lipinski definition) is 0. The molecule has 2 aromatic rings. The van der Waals surface area contributed by atoms with Gasteiger partial charge in [-0.25, -0.2) is 0 Å². The summed E-state index contributed by atoms with van der Waals surface area (Å²) in [5.74, 6) is 0.928. The molecule has 3 heteroatoms. The number of hydrogen-bond acceptors (Lipinski definition) is 2. The molecule has 1 heterocycles. The van der Waals surface area contributed by atoms with Crippen molar-refractivity contribution >= 4 is 11.6 Å². The molecule has 0 N–H and O–H groups in total. The maximum absolute atomic E-state index is 12.9. The third-order valence-electron chi connectivity index (χ3n) is 4.12. The zero-order valence-electron chi connectivity index (χ0n) is 13.3. The zero-order valence-corrected chi connectivity index (χ0v) is 13.3. The Labute approximate surface area is 131 Å². The first kappa shape index (κ1) is 14.6. The third-order valence-corrected chi connectivity index (χ3v) is 4.12. The van der Waals surface area contributed by atoms with Gasteiger partial charge in [0.05, 0.1) is 7.11 Å². The molecule has 0 radical (unpaired) electrons. The number of ether oxygens (including phenoxy) is 1. The van der Waals surface area contributed by atoms with Crippen LogP contribution in [0.1, 0.15) is 33.5 Å². The highest BCUT2D eigenvalue weighted by Crippen LogP contribution is 2.31. The number of benzene rings is 2. The van der Waals surface area contributed by atoms with Gasteiger partial charge in [-0.15, -0.1) is 0 Å². The number of carbonyl (C=O) groups excluding carboxylic acids is 1. The molecular weight excluding hydrogens is 274 g/mol. The summed E-state index contributed by atoms with van der Waals surface area (Å²) < 4.78 is 5.29. The van der Waals surface area contributed by atoms with Gasteiger partial charge >= 0.3 is 0 Å². The van der Waals surface area contributed by atoms with Crippen molar-refractivity contribution in [3.8, 4) is 5.75 Å². The van der Waals surface area contributed by atoms with Crippen LogP contribution < -0.4 is 9.64 Å². The van der Waals surface area contributed by atoms with Crippen LogP contribution in [0.25, 0.3) is 0 Å². The van der Waals surface area contributed by atoms with E-state index in [1.165, 1.54) is 5.56 Å². The molecule has 1 aliphatic rings. The van der Waals surface area contributed by atoms with Crippen LogP contribution in [-0.2, 0) is 6.42 Å². The summed E-state index contributed by atoms with van der Waals surface area (Å²) in [7, 11) is 1.67. The lowest BCUT2D eigenvalue weighted by Crippen LogP contribution is -2.35. The molecule has 1 amide bonds. The summed E-state index contributed by atoms with van der Waals surface area (Å²) in [6.45, 7) is 4.82. The minimum Gasteiger partial charge on any atom is -0.497 e. The van der Waals surface area contributed by atoms with Gasteiger partial charge in [-0.1, -0.05) is 17.2 Å². The fraction of sp³-hybridized carbons (Fsp3) is 0.316. The molecular formula is C19H21NO2. The molecule has 3 rings (SSSR count). The van der Waals surface area contributed by atoms with E-state index in [1.807, 2.05) is 49.1 Å². The van der Waals surface area contributed by atoms with Crippen molar-refractivity contribution in [3.05, 3.63) is 58.7 Å². The number of fused-ring (bicyclic) bond motifs is 1. The lowest BCUT2D eigenvalue weighted by atomic mass is 9.99. The maximum Gasteiger partial charge on any atom is 0.258 e. The Bertz CT molecular complexity index is 701. The Morgan fingerprint density at radius 1 is 1.09 bits per heavy atom. The third kappa shape index (κ3) is 2.71. The molecule has 0 fully saturated rings. The van der Waals surface area contributed by atoms with E-state index in [0.29, 0.717) is 0 Å². The lowest BCUT2D eigenvalue weighted by molar-refractivity contribution is 0.0985. The molecule has 0 aliphatic carbocycles. The van der Waals surface area contributed by atoms with Crippen molar-refractivity contribution < 1.29 is 9.53 Å². The van der Waals surface area contributed by atoms with E-state index < -0.39 is 0 Å². The van der Waals surface area contributed by atoms with Gasteiger partial charge in [0.25, 0.3) is 5.91 Å². The smallest absolute Gasteiger partial charge is 0.258 e. The highest BCUT2D eigenvalue weighted by Gasteiger charge is 2.24. The molecule has 0 aromatic heterocycles. The van der Waals surface area contributed by atoms with Crippen molar-refractivity contribution in [2.24, 2.45) is 0 Å². The second kappa shape index (κ2) is 5.84. The molecule has 0 saturated heterocycles. The van der Waals surface area contributed by atoms with Gasteiger partial charge in [-0.2, -0.15) is 0 Å². The van der Waals surface area contributed by atoms with Crippen molar-refractivity contribution in [2.45, 2.75) is 26.7 Å². The summed E-state index contributed by atoms with van der Waals surface area (Å²) in [6, 6.07) is 12.0. The fourth-order valence-electron chi connectivity index (χ4n) is 3.17. The molecule has 0 spiro atoms. The minimum atomic E-state index is 0.0814. The number of anilines is 1. The molecule has 2 aromatic carbocycles. The molecule has 3 nitrogen and oxygen atoms in total. The molecule has 1 aliphatic heterocycles. The van der Waals surface area contributed by atoms with Gasteiger partial charge < -0.3 is 9.64 Å². The second-order valence-electron chi connectivity index (χ2n) is 5.93. The van der Waals surface area contributed by atoms with Crippen LogP contribution in [0.2, 0.25) is 0 Å². The first-order chi connectivity index (χ1) is 10.6. The number of aryl methyl sites for hydroxylation is 3. The van der Waals surface area contributed by atoms with Crippen LogP contribution in [-0.4, -0.2) is 19.6 Å². The van der Waals surface area contributed by atoms with Crippen molar-refractivity contribution in [1.29, 1.82) is 0 Å². The maximum atomic E-state index is 12.9. The summed E-state index contributed by atoms with van der Waals surface area (Å²) in [5.41, 5.74) is 5.20. The van der Waals surface area contributed by atoms with Gasteiger partial charge in [-0.3, -0.25) is 4.79 Å². The molecule has 0 atom stereocenters. The summed E-state index contributed by atoms with van der Waals surface area (Å²) in [5, 5.41) is 0. The molecule has 114 valence electrons. The van der Waals surface area contributed by atoms with Crippen LogP contribution in [0.15, 0.2) is 36.4 Å². The summed E-state index contributed by atoms with van der Waals surface area (Å²) >= 11 is 0. The normalized spacial score (nSPS) is 13.7.